The maximum atomic E-state index is 12.3. The van der Waals surface area contributed by atoms with E-state index in [-0.39, 0.29) is 11.9 Å². The van der Waals surface area contributed by atoms with Gasteiger partial charge < -0.3 is 10.6 Å². The number of urea groups is 1. The molecule has 1 unspecified atom stereocenters. The molecule has 0 saturated carbocycles. The minimum absolute atomic E-state index is 0.227. The largest absolute Gasteiger partial charge is 0.336 e. The molecule has 1 atom stereocenters. The number of imide groups is 1. The lowest BCUT2D eigenvalue weighted by Gasteiger charge is -2.16. The molecular weight excluding hydrogens is 382 g/mol. The first-order chi connectivity index (χ1) is 11.9. The van der Waals surface area contributed by atoms with Gasteiger partial charge in [-0.25, -0.2) is 4.79 Å². The highest BCUT2D eigenvalue weighted by Crippen LogP contribution is 2.32. The first-order valence-corrected chi connectivity index (χ1v) is 9.64. The van der Waals surface area contributed by atoms with E-state index in [9.17, 15) is 9.59 Å². The van der Waals surface area contributed by atoms with Crippen LogP contribution in [0.5, 0.6) is 0 Å². The molecule has 1 aliphatic heterocycles. The van der Waals surface area contributed by atoms with Crippen molar-refractivity contribution in [2.75, 3.05) is 18.4 Å². The number of rotatable bonds is 5. The average Bonchev–Trinajstić information content (AvgIpc) is 3.19. The number of aromatic nitrogens is 2. The van der Waals surface area contributed by atoms with Gasteiger partial charge in [-0.3, -0.25) is 9.69 Å². The Hall–Kier alpha value is -1.84. The average molecular weight is 398 g/mol. The Morgan fingerprint density at radius 1 is 1.48 bits per heavy atom. The lowest BCUT2D eigenvalue weighted by Crippen LogP contribution is -2.38. The second-order valence-corrected chi connectivity index (χ2v) is 8.42. The summed E-state index contributed by atoms with van der Waals surface area (Å²) in [7, 11) is 0. The van der Waals surface area contributed by atoms with E-state index in [1.54, 1.807) is 6.92 Å². The van der Waals surface area contributed by atoms with Crippen molar-refractivity contribution < 1.29 is 9.59 Å². The third kappa shape index (κ3) is 4.23. The van der Waals surface area contributed by atoms with Gasteiger partial charge in [-0.05, 0) is 31.5 Å². The number of halogens is 1. The summed E-state index contributed by atoms with van der Waals surface area (Å²) >= 11 is 8.74. The quantitative estimate of drug-likeness (QED) is 0.753. The van der Waals surface area contributed by atoms with E-state index >= 15 is 0 Å². The highest BCUT2D eigenvalue weighted by atomic mass is 35.5. The van der Waals surface area contributed by atoms with Crippen LogP contribution in [-0.2, 0) is 4.79 Å². The van der Waals surface area contributed by atoms with Gasteiger partial charge in [0.2, 0.25) is 11.0 Å². The van der Waals surface area contributed by atoms with Crippen LogP contribution in [0.2, 0.25) is 5.02 Å². The zero-order valence-corrected chi connectivity index (χ0v) is 16.0. The van der Waals surface area contributed by atoms with Gasteiger partial charge in [0, 0.05) is 23.8 Å². The SMILES string of the molecule is Cc1ccc(Nc2nnc(SC(C)C(=O)N3CCNC3=O)s2)cc1Cl. The molecule has 132 valence electrons. The van der Waals surface area contributed by atoms with Crippen molar-refractivity contribution >= 4 is 57.5 Å². The van der Waals surface area contributed by atoms with Crippen LogP contribution in [0.1, 0.15) is 12.5 Å². The molecule has 1 aliphatic rings. The molecule has 2 N–H and O–H groups in total. The summed E-state index contributed by atoms with van der Waals surface area (Å²) < 4.78 is 0.654. The number of hydrogen-bond acceptors (Lipinski definition) is 7. The molecule has 0 bridgehead atoms. The molecule has 1 saturated heterocycles. The van der Waals surface area contributed by atoms with E-state index in [0.717, 1.165) is 11.3 Å². The van der Waals surface area contributed by atoms with Crippen LogP contribution in [0, 0.1) is 6.92 Å². The highest BCUT2D eigenvalue weighted by Gasteiger charge is 2.30. The van der Waals surface area contributed by atoms with Crippen molar-refractivity contribution in [3.63, 3.8) is 0 Å². The summed E-state index contributed by atoms with van der Waals surface area (Å²) in [4.78, 5) is 25.1. The third-order valence-electron chi connectivity index (χ3n) is 3.58. The number of carbonyl (C=O) groups is 2. The predicted molar refractivity (Wildman–Crippen MR) is 99.8 cm³/mol. The molecule has 2 aromatic rings. The fraction of sp³-hybridized carbons (Fsp3) is 0.333. The number of hydrogen-bond donors (Lipinski definition) is 2. The van der Waals surface area contributed by atoms with E-state index < -0.39 is 5.25 Å². The molecular formula is C15H16ClN5O2S2. The molecule has 7 nitrogen and oxygen atoms in total. The van der Waals surface area contributed by atoms with Crippen molar-refractivity contribution in [3.05, 3.63) is 28.8 Å². The topological polar surface area (TPSA) is 87.2 Å². The zero-order chi connectivity index (χ0) is 18.0. The Morgan fingerprint density at radius 3 is 2.96 bits per heavy atom. The van der Waals surface area contributed by atoms with Crippen molar-refractivity contribution in [2.45, 2.75) is 23.4 Å². The molecule has 10 heteroatoms. The van der Waals surface area contributed by atoms with Gasteiger partial charge in [0.15, 0.2) is 4.34 Å². The van der Waals surface area contributed by atoms with Crippen molar-refractivity contribution in [1.82, 2.24) is 20.4 Å². The zero-order valence-electron chi connectivity index (χ0n) is 13.6. The highest BCUT2D eigenvalue weighted by molar-refractivity contribution is 8.02. The number of thioether (sulfide) groups is 1. The fourth-order valence-corrected chi connectivity index (χ4v) is 4.36. The molecule has 25 heavy (non-hydrogen) atoms. The number of aryl methyl sites for hydroxylation is 1. The van der Waals surface area contributed by atoms with Crippen molar-refractivity contribution in [3.8, 4) is 0 Å². The molecule has 3 rings (SSSR count). The van der Waals surface area contributed by atoms with Crippen LogP contribution in [0.4, 0.5) is 15.6 Å². The lowest BCUT2D eigenvalue weighted by atomic mass is 10.2. The van der Waals surface area contributed by atoms with Gasteiger partial charge >= 0.3 is 6.03 Å². The molecule has 1 aromatic carbocycles. The first kappa shape index (κ1) is 18.0. The summed E-state index contributed by atoms with van der Waals surface area (Å²) in [6, 6.07) is 5.31. The van der Waals surface area contributed by atoms with Crippen LogP contribution in [0.3, 0.4) is 0 Å². The normalized spacial score (nSPS) is 15.2. The number of amides is 3. The molecule has 1 fully saturated rings. The van der Waals surface area contributed by atoms with Gasteiger partial charge in [-0.1, -0.05) is 40.8 Å². The van der Waals surface area contributed by atoms with Crippen LogP contribution < -0.4 is 10.6 Å². The summed E-state index contributed by atoms with van der Waals surface area (Å²) in [5.74, 6) is -0.227. The number of nitrogens with zero attached hydrogens (tertiary/aromatic N) is 3. The van der Waals surface area contributed by atoms with E-state index in [2.05, 4.69) is 20.8 Å². The molecule has 3 amide bonds. The number of benzene rings is 1. The minimum atomic E-state index is -0.418. The summed E-state index contributed by atoms with van der Waals surface area (Å²) in [5.41, 5.74) is 1.82. The lowest BCUT2D eigenvalue weighted by molar-refractivity contribution is -0.126. The van der Waals surface area contributed by atoms with Gasteiger partial charge in [-0.2, -0.15) is 0 Å². The second kappa shape index (κ2) is 7.59. The molecule has 0 aliphatic carbocycles. The summed E-state index contributed by atoms with van der Waals surface area (Å²) in [6.07, 6.45) is 0. The standard InChI is InChI=1S/C15H16ClN5O2S2/c1-8-3-4-10(7-11(8)16)18-13-19-20-15(25-13)24-9(2)12(22)21-6-5-17-14(21)23/h3-4,7,9H,5-6H2,1-2H3,(H,17,23)(H,18,19). The van der Waals surface area contributed by atoms with E-state index in [4.69, 9.17) is 11.6 Å². The number of nitrogens with one attached hydrogen (secondary N) is 2. The molecule has 1 aromatic heterocycles. The smallest absolute Gasteiger partial charge is 0.324 e. The first-order valence-electron chi connectivity index (χ1n) is 7.56. The van der Waals surface area contributed by atoms with Gasteiger partial charge in [0.25, 0.3) is 0 Å². The number of anilines is 2. The van der Waals surface area contributed by atoms with E-state index in [1.807, 2.05) is 25.1 Å². The molecule has 0 spiro atoms. The Balaban J connectivity index is 1.62. The monoisotopic (exact) mass is 397 g/mol. The molecule has 2 heterocycles. The predicted octanol–water partition coefficient (Wildman–Crippen LogP) is 3.28. The van der Waals surface area contributed by atoms with Crippen LogP contribution in [0.25, 0.3) is 0 Å². The van der Waals surface area contributed by atoms with Crippen molar-refractivity contribution in [1.29, 1.82) is 0 Å². The third-order valence-corrected chi connectivity index (χ3v) is 6.00. The van der Waals surface area contributed by atoms with E-state index in [0.29, 0.717) is 27.6 Å². The van der Waals surface area contributed by atoms with Gasteiger partial charge in [0.1, 0.15) is 0 Å². The second-order valence-electron chi connectivity index (χ2n) is 5.44. The van der Waals surface area contributed by atoms with Crippen LogP contribution in [0.15, 0.2) is 22.5 Å². The Kier molecular flexibility index (Phi) is 5.45. The summed E-state index contributed by atoms with van der Waals surface area (Å²) in [6.45, 7) is 4.59. The van der Waals surface area contributed by atoms with E-state index in [1.165, 1.54) is 28.0 Å². The molecule has 0 radical (unpaired) electrons. The Bertz CT molecular complexity index is 813. The maximum Gasteiger partial charge on any atom is 0.324 e. The van der Waals surface area contributed by atoms with Gasteiger partial charge in [0.05, 0.1) is 5.25 Å². The fourth-order valence-electron chi connectivity index (χ4n) is 2.20. The number of carbonyl (C=O) groups excluding carboxylic acids is 2. The Morgan fingerprint density at radius 2 is 2.28 bits per heavy atom. The maximum absolute atomic E-state index is 12.3. The summed E-state index contributed by atoms with van der Waals surface area (Å²) in [5, 5.41) is 14.8. The van der Waals surface area contributed by atoms with Crippen LogP contribution >= 0.6 is 34.7 Å². The van der Waals surface area contributed by atoms with Crippen LogP contribution in [-0.4, -0.2) is 45.4 Å². The van der Waals surface area contributed by atoms with Gasteiger partial charge in [-0.15, -0.1) is 10.2 Å². The van der Waals surface area contributed by atoms with Crippen molar-refractivity contribution in [2.24, 2.45) is 0 Å². The Labute approximate surface area is 158 Å². The minimum Gasteiger partial charge on any atom is -0.336 e.